The molecule has 1 aliphatic rings. The van der Waals surface area contributed by atoms with Crippen molar-refractivity contribution >= 4 is 10.8 Å². The summed E-state index contributed by atoms with van der Waals surface area (Å²) in [5, 5.41) is 11.4. The Bertz CT molecular complexity index is 997. The highest BCUT2D eigenvalue weighted by molar-refractivity contribution is 5.91. The van der Waals surface area contributed by atoms with Crippen molar-refractivity contribution in [3.8, 4) is 17.2 Å². The Morgan fingerprint density at radius 2 is 1.88 bits per heavy atom. The molecule has 2 heteroatoms. The molecule has 4 rings (SSSR count). The van der Waals surface area contributed by atoms with E-state index in [1.807, 2.05) is 12.1 Å². The topological polar surface area (TPSA) is 23.8 Å². The van der Waals surface area contributed by atoms with Crippen molar-refractivity contribution in [2.75, 3.05) is 0 Å². The average Bonchev–Trinajstić information content (AvgIpc) is 2.66. The maximum Gasteiger partial charge on any atom is 0.141 e. The minimum Gasteiger partial charge on any atom is -0.206 e. The molecule has 0 amide bonds. The lowest BCUT2D eigenvalue weighted by Crippen LogP contribution is -2.13. The Hall–Kier alpha value is -2.66. The fourth-order valence-electron chi connectivity index (χ4n) is 4.00. The van der Waals surface area contributed by atoms with Gasteiger partial charge >= 0.3 is 0 Å². The van der Waals surface area contributed by atoms with E-state index in [9.17, 15) is 4.39 Å². The van der Waals surface area contributed by atoms with Gasteiger partial charge in [0.2, 0.25) is 0 Å². The van der Waals surface area contributed by atoms with Crippen molar-refractivity contribution in [2.45, 2.75) is 32.6 Å². The smallest absolute Gasteiger partial charge is 0.141 e. The van der Waals surface area contributed by atoms with Gasteiger partial charge in [0.1, 0.15) is 11.9 Å². The van der Waals surface area contributed by atoms with Gasteiger partial charge in [0, 0.05) is 0 Å². The minimum absolute atomic E-state index is 0.0871. The highest BCUT2D eigenvalue weighted by Gasteiger charge is 2.19. The Morgan fingerprint density at radius 1 is 1.08 bits per heavy atom. The Balaban J connectivity index is 1.77. The molecule has 0 N–H and O–H groups in total. The van der Waals surface area contributed by atoms with Crippen molar-refractivity contribution in [1.29, 1.82) is 5.26 Å². The number of rotatable bonds is 2. The van der Waals surface area contributed by atoms with Crippen LogP contribution in [0.5, 0.6) is 0 Å². The van der Waals surface area contributed by atoms with Crippen LogP contribution in [0, 0.1) is 23.1 Å². The summed E-state index contributed by atoms with van der Waals surface area (Å²) in [4.78, 5) is 0. The average molecular weight is 329 g/mol. The number of nitrogens with zero attached hydrogens (tertiary/aromatic N) is 1. The van der Waals surface area contributed by atoms with Gasteiger partial charge in [0.05, 0.1) is 5.56 Å². The third-order valence-electron chi connectivity index (χ3n) is 5.54. The predicted molar refractivity (Wildman–Crippen MR) is 99.9 cm³/mol. The highest BCUT2D eigenvalue weighted by atomic mass is 19.1. The van der Waals surface area contributed by atoms with Crippen LogP contribution in [0.3, 0.4) is 0 Å². The first-order valence-electron chi connectivity index (χ1n) is 8.94. The van der Waals surface area contributed by atoms with Crippen LogP contribution < -0.4 is 0 Å². The van der Waals surface area contributed by atoms with Crippen LogP contribution in [0.2, 0.25) is 0 Å². The number of hydrogen-bond acceptors (Lipinski definition) is 1. The van der Waals surface area contributed by atoms with E-state index in [1.165, 1.54) is 47.2 Å². The second-order valence-electron chi connectivity index (χ2n) is 6.96. The summed E-state index contributed by atoms with van der Waals surface area (Å²) in [6.45, 7) is 2.28. The number of hydrogen-bond donors (Lipinski definition) is 0. The molecule has 0 aliphatic heterocycles. The summed E-state index contributed by atoms with van der Waals surface area (Å²) in [6, 6.07) is 17.5. The first-order valence-corrected chi connectivity index (χ1v) is 8.94. The van der Waals surface area contributed by atoms with E-state index in [0.29, 0.717) is 0 Å². The molecule has 124 valence electrons. The summed E-state index contributed by atoms with van der Waals surface area (Å²) in [5.74, 6) is 0.349. The van der Waals surface area contributed by atoms with Gasteiger partial charge in [0.15, 0.2) is 0 Å². The van der Waals surface area contributed by atoms with E-state index in [1.54, 1.807) is 6.07 Å². The van der Waals surface area contributed by atoms with Crippen molar-refractivity contribution in [3.05, 3.63) is 71.0 Å². The lowest BCUT2D eigenvalue weighted by molar-refractivity contribution is 0.446. The van der Waals surface area contributed by atoms with E-state index in [0.717, 1.165) is 23.5 Å². The summed E-state index contributed by atoms with van der Waals surface area (Å²) < 4.78 is 13.9. The largest absolute Gasteiger partial charge is 0.206 e. The first-order chi connectivity index (χ1) is 12.2. The van der Waals surface area contributed by atoms with Gasteiger partial charge in [-0.3, -0.25) is 0 Å². The first kappa shape index (κ1) is 15.8. The normalized spacial score (nSPS) is 16.4. The molecule has 3 aromatic rings. The van der Waals surface area contributed by atoms with Gasteiger partial charge in [-0.1, -0.05) is 43.7 Å². The van der Waals surface area contributed by atoms with Crippen LogP contribution in [0.4, 0.5) is 4.39 Å². The van der Waals surface area contributed by atoms with Gasteiger partial charge < -0.3 is 0 Å². The van der Waals surface area contributed by atoms with Crippen LogP contribution in [0.1, 0.15) is 36.5 Å². The van der Waals surface area contributed by atoms with Crippen LogP contribution in [0.15, 0.2) is 48.5 Å². The van der Waals surface area contributed by atoms with Gasteiger partial charge in [0.25, 0.3) is 0 Å². The Morgan fingerprint density at radius 3 is 2.64 bits per heavy atom. The summed E-state index contributed by atoms with van der Waals surface area (Å²) in [5.41, 5.74) is 4.85. The molecule has 0 radical (unpaired) electrons. The predicted octanol–water partition coefficient (Wildman–Crippen LogP) is 6.03. The number of aryl methyl sites for hydroxylation is 1. The lowest BCUT2D eigenvalue weighted by atomic mass is 9.80. The number of fused-ring (bicyclic) bond motifs is 3. The molecule has 0 fully saturated rings. The Kier molecular flexibility index (Phi) is 4.01. The fraction of sp³-hybridized carbons (Fsp3) is 0.261. The highest BCUT2D eigenvalue weighted by Crippen LogP contribution is 2.34. The molecule has 0 heterocycles. The van der Waals surface area contributed by atoms with Crippen molar-refractivity contribution < 1.29 is 4.39 Å². The molecule has 1 aliphatic carbocycles. The zero-order chi connectivity index (χ0) is 17.4. The van der Waals surface area contributed by atoms with Gasteiger partial charge in [-0.15, -0.1) is 0 Å². The molecular weight excluding hydrogens is 309 g/mol. The van der Waals surface area contributed by atoms with Gasteiger partial charge in [-0.05, 0) is 76.4 Å². The summed E-state index contributed by atoms with van der Waals surface area (Å²) in [7, 11) is 0. The third-order valence-corrected chi connectivity index (χ3v) is 5.54. The van der Waals surface area contributed by atoms with E-state index in [4.69, 9.17) is 5.26 Å². The van der Waals surface area contributed by atoms with Crippen LogP contribution >= 0.6 is 0 Å². The van der Waals surface area contributed by atoms with Crippen molar-refractivity contribution in [3.63, 3.8) is 0 Å². The molecule has 25 heavy (non-hydrogen) atoms. The molecular formula is C23H20FN. The monoisotopic (exact) mass is 329 g/mol. The van der Waals surface area contributed by atoms with Gasteiger partial charge in [-0.25, -0.2) is 4.39 Å². The molecule has 1 nitrogen and oxygen atoms in total. The second-order valence-corrected chi connectivity index (χ2v) is 6.96. The molecule has 0 bridgehead atoms. The van der Waals surface area contributed by atoms with Crippen LogP contribution in [-0.4, -0.2) is 0 Å². The van der Waals surface area contributed by atoms with E-state index >= 15 is 0 Å². The van der Waals surface area contributed by atoms with E-state index < -0.39 is 5.82 Å². The van der Waals surface area contributed by atoms with Gasteiger partial charge in [-0.2, -0.15) is 5.26 Å². The molecule has 0 aromatic heterocycles. The molecule has 0 saturated heterocycles. The lowest BCUT2D eigenvalue weighted by Gasteiger charge is -2.25. The third kappa shape index (κ3) is 2.81. The number of nitriles is 1. The van der Waals surface area contributed by atoms with Crippen molar-refractivity contribution in [2.24, 2.45) is 5.92 Å². The standard InChI is InChI=1S/C23H20FN/c1-2-15-3-9-21-18(11-15)5-6-19-12-16(8-10-22(19)21)17-4-7-20(14-25)23(24)13-17/h4-8,10,12-13,15H,2-3,9,11H2,1H3. The molecule has 0 spiro atoms. The van der Waals surface area contributed by atoms with Crippen molar-refractivity contribution in [1.82, 2.24) is 0 Å². The maximum absolute atomic E-state index is 13.9. The zero-order valence-electron chi connectivity index (χ0n) is 14.3. The maximum atomic E-state index is 13.9. The number of halogens is 1. The molecule has 3 aromatic carbocycles. The quantitative estimate of drug-likeness (QED) is 0.563. The molecule has 1 atom stereocenters. The Labute approximate surface area is 147 Å². The number of benzene rings is 3. The SMILES string of the molecule is CCC1CCc2c(ccc3cc(-c4ccc(C#N)c(F)c4)ccc23)C1. The fourth-order valence-corrected chi connectivity index (χ4v) is 4.00. The van der Waals surface area contributed by atoms with E-state index in [2.05, 4.69) is 37.3 Å². The molecule has 1 unspecified atom stereocenters. The summed E-state index contributed by atoms with van der Waals surface area (Å²) >= 11 is 0. The second kappa shape index (κ2) is 6.33. The summed E-state index contributed by atoms with van der Waals surface area (Å²) in [6.07, 6.45) is 4.85. The van der Waals surface area contributed by atoms with Crippen LogP contribution in [-0.2, 0) is 12.8 Å². The molecule has 0 saturated carbocycles. The zero-order valence-corrected chi connectivity index (χ0v) is 14.3. The van der Waals surface area contributed by atoms with E-state index in [-0.39, 0.29) is 5.56 Å². The van der Waals surface area contributed by atoms with Crippen LogP contribution in [0.25, 0.3) is 21.9 Å². The minimum atomic E-state index is -0.462.